The van der Waals surface area contributed by atoms with Crippen molar-refractivity contribution in [3.8, 4) is 0 Å². The number of hydrogen-bond donors (Lipinski definition) is 1. The lowest BCUT2D eigenvalue weighted by Crippen LogP contribution is -2.41. The van der Waals surface area contributed by atoms with Crippen LogP contribution < -0.4 is 5.32 Å². The molecule has 18 heavy (non-hydrogen) atoms. The van der Waals surface area contributed by atoms with Crippen molar-refractivity contribution in [1.29, 1.82) is 0 Å². The Kier molecular flexibility index (Phi) is 4.70. The lowest BCUT2D eigenvalue weighted by Gasteiger charge is -2.24. The Labute approximate surface area is 108 Å². The third-order valence-corrected chi connectivity index (χ3v) is 3.42. The first kappa shape index (κ1) is 13.0. The zero-order chi connectivity index (χ0) is 12.8. The van der Waals surface area contributed by atoms with E-state index in [1.54, 1.807) is 12.4 Å². The zero-order valence-electron chi connectivity index (χ0n) is 10.9. The Morgan fingerprint density at radius 3 is 3.11 bits per heavy atom. The van der Waals surface area contributed by atoms with E-state index in [1.165, 1.54) is 12.8 Å². The number of likely N-dealkylation sites (N-methyl/N-ethyl adjacent to an activating group) is 1. The van der Waals surface area contributed by atoms with Gasteiger partial charge >= 0.3 is 0 Å². The van der Waals surface area contributed by atoms with Crippen molar-refractivity contribution >= 4 is 5.91 Å². The highest BCUT2D eigenvalue weighted by Gasteiger charge is 2.20. The molecule has 4 heteroatoms. The molecule has 4 nitrogen and oxygen atoms in total. The van der Waals surface area contributed by atoms with Crippen LogP contribution in [-0.2, 0) is 11.2 Å². The van der Waals surface area contributed by atoms with Gasteiger partial charge in [-0.05, 0) is 37.9 Å². The van der Waals surface area contributed by atoms with Crippen molar-refractivity contribution < 1.29 is 4.79 Å². The number of aromatic nitrogens is 1. The van der Waals surface area contributed by atoms with Gasteiger partial charge in [0.15, 0.2) is 0 Å². The quantitative estimate of drug-likeness (QED) is 0.851. The fraction of sp³-hybridized carbons (Fsp3) is 0.571. The topological polar surface area (TPSA) is 45.2 Å². The van der Waals surface area contributed by atoms with E-state index >= 15 is 0 Å². The van der Waals surface area contributed by atoms with Gasteiger partial charge in [-0.3, -0.25) is 9.78 Å². The van der Waals surface area contributed by atoms with Gasteiger partial charge in [0.1, 0.15) is 0 Å². The molecule has 2 rings (SSSR count). The van der Waals surface area contributed by atoms with Crippen LogP contribution in [0.2, 0.25) is 0 Å². The lowest BCUT2D eigenvalue weighted by atomic mass is 10.1. The Bertz CT molecular complexity index is 374. The highest BCUT2D eigenvalue weighted by atomic mass is 16.2. The van der Waals surface area contributed by atoms with Gasteiger partial charge in [-0.1, -0.05) is 6.07 Å². The van der Waals surface area contributed by atoms with E-state index in [1.807, 2.05) is 24.0 Å². The molecule has 1 aliphatic heterocycles. The fourth-order valence-corrected chi connectivity index (χ4v) is 2.37. The van der Waals surface area contributed by atoms with E-state index in [0.29, 0.717) is 12.5 Å². The second-order valence-electron chi connectivity index (χ2n) is 4.76. The van der Waals surface area contributed by atoms with Crippen LogP contribution in [0.1, 0.15) is 25.3 Å². The number of nitrogens with zero attached hydrogens (tertiary/aromatic N) is 2. The standard InChI is InChI=1S/C14H21N3O/c1-2-17(11-13-6-4-8-16-13)14(18)9-12-5-3-7-15-10-12/h3,5,7,10,13,16H,2,4,6,8-9,11H2,1H3. The Morgan fingerprint density at radius 2 is 2.50 bits per heavy atom. The number of carbonyl (C=O) groups is 1. The molecule has 1 atom stereocenters. The molecule has 2 heterocycles. The molecule has 1 unspecified atom stereocenters. The monoisotopic (exact) mass is 247 g/mol. The van der Waals surface area contributed by atoms with E-state index in [0.717, 1.165) is 25.2 Å². The molecule has 0 saturated carbocycles. The van der Waals surface area contributed by atoms with E-state index in [-0.39, 0.29) is 5.91 Å². The molecule has 1 aromatic rings. The molecule has 1 aromatic heterocycles. The molecule has 98 valence electrons. The number of hydrogen-bond acceptors (Lipinski definition) is 3. The van der Waals surface area contributed by atoms with Gasteiger partial charge in [0.25, 0.3) is 0 Å². The van der Waals surface area contributed by atoms with Crippen LogP contribution in [0.25, 0.3) is 0 Å². The molecule has 1 aliphatic rings. The van der Waals surface area contributed by atoms with Crippen molar-refractivity contribution in [2.75, 3.05) is 19.6 Å². The lowest BCUT2D eigenvalue weighted by molar-refractivity contribution is -0.130. The second kappa shape index (κ2) is 6.50. The number of rotatable bonds is 5. The van der Waals surface area contributed by atoms with Crippen LogP contribution in [0.3, 0.4) is 0 Å². The van der Waals surface area contributed by atoms with Crippen LogP contribution in [0, 0.1) is 0 Å². The van der Waals surface area contributed by atoms with Gasteiger partial charge < -0.3 is 10.2 Å². The average molecular weight is 247 g/mol. The van der Waals surface area contributed by atoms with Gasteiger partial charge in [0, 0.05) is 31.5 Å². The summed E-state index contributed by atoms with van der Waals surface area (Å²) in [6.45, 7) is 4.72. The minimum Gasteiger partial charge on any atom is -0.341 e. The Morgan fingerprint density at radius 1 is 1.61 bits per heavy atom. The van der Waals surface area contributed by atoms with Crippen LogP contribution in [0.4, 0.5) is 0 Å². The maximum atomic E-state index is 12.2. The van der Waals surface area contributed by atoms with Crippen LogP contribution in [0.15, 0.2) is 24.5 Å². The molecule has 0 aromatic carbocycles. The van der Waals surface area contributed by atoms with E-state index in [2.05, 4.69) is 10.3 Å². The molecule has 0 bridgehead atoms. The molecule has 0 radical (unpaired) electrons. The Hall–Kier alpha value is -1.42. The first-order valence-electron chi connectivity index (χ1n) is 6.69. The predicted molar refractivity (Wildman–Crippen MR) is 71.2 cm³/mol. The van der Waals surface area contributed by atoms with Crippen LogP contribution in [0.5, 0.6) is 0 Å². The molecule has 0 aliphatic carbocycles. The molecule has 1 N–H and O–H groups in total. The van der Waals surface area contributed by atoms with Crippen molar-refractivity contribution in [2.24, 2.45) is 0 Å². The van der Waals surface area contributed by atoms with Crippen molar-refractivity contribution in [1.82, 2.24) is 15.2 Å². The Balaban J connectivity index is 1.88. The predicted octanol–water partition coefficient (Wildman–Crippen LogP) is 1.22. The first-order chi connectivity index (χ1) is 8.79. The molecule has 0 spiro atoms. The van der Waals surface area contributed by atoms with Gasteiger partial charge in [0.05, 0.1) is 6.42 Å². The highest BCUT2D eigenvalue weighted by Crippen LogP contribution is 2.08. The number of nitrogens with one attached hydrogen (secondary N) is 1. The molecular weight excluding hydrogens is 226 g/mol. The van der Waals surface area contributed by atoms with Crippen molar-refractivity contribution in [3.63, 3.8) is 0 Å². The summed E-state index contributed by atoms with van der Waals surface area (Å²) in [4.78, 5) is 18.2. The summed E-state index contributed by atoms with van der Waals surface area (Å²) in [5.74, 6) is 0.194. The van der Waals surface area contributed by atoms with Gasteiger partial charge in [0.2, 0.25) is 5.91 Å². The van der Waals surface area contributed by atoms with Gasteiger partial charge in [-0.25, -0.2) is 0 Å². The summed E-state index contributed by atoms with van der Waals surface area (Å²) in [5.41, 5.74) is 0.986. The zero-order valence-corrected chi connectivity index (χ0v) is 10.9. The largest absolute Gasteiger partial charge is 0.341 e. The van der Waals surface area contributed by atoms with Crippen molar-refractivity contribution in [3.05, 3.63) is 30.1 Å². The maximum Gasteiger partial charge on any atom is 0.227 e. The number of carbonyl (C=O) groups excluding carboxylic acids is 1. The van der Waals surface area contributed by atoms with Gasteiger partial charge in [-0.15, -0.1) is 0 Å². The van der Waals surface area contributed by atoms with Crippen LogP contribution >= 0.6 is 0 Å². The summed E-state index contributed by atoms with van der Waals surface area (Å²) in [6.07, 6.45) is 6.34. The fourth-order valence-electron chi connectivity index (χ4n) is 2.37. The molecule has 1 saturated heterocycles. The van der Waals surface area contributed by atoms with E-state index in [9.17, 15) is 4.79 Å². The second-order valence-corrected chi connectivity index (χ2v) is 4.76. The molecular formula is C14H21N3O. The third kappa shape index (κ3) is 3.53. The number of amides is 1. The summed E-state index contributed by atoms with van der Waals surface area (Å²) in [7, 11) is 0. The molecule has 1 amide bonds. The van der Waals surface area contributed by atoms with E-state index in [4.69, 9.17) is 0 Å². The summed E-state index contributed by atoms with van der Waals surface area (Å²) >= 11 is 0. The van der Waals surface area contributed by atoms with Crippen molar-refractivity contribution in [2.45, 2.75) is 32.2 Å². The van der Waals surface area contributed by atoms with Crippen LogP contribution in [-0.4, -0.2) is 41.5 Å². The SMILES string of the molecule is CCN(CC1CCCN1)C(=O)Cc1cccnc1. The minimum absolute atomic E-state index is 0.194. The normalized spacial score (nSPS) is 18.8. The number of pyridine rings is 1. The summed E-state index contributed by atoms with van der Waals surface area (Å²) < 4.78 is 0. The summed E-state index contributed by atoms with van der Waals surface area (Å²) in [5, 5.41) is 3.43. The smallest absolute Gasteiger partial charge is 0.227 e. The molecule has 1 fully saturated rings. The highest BCUT2D eigenvalue weighted by molar-refractivity contribution is 5.78. The van der Waals surface area contributed by atoms with E-state index < -0.39 is 0 Å². The minimum atomic E-state index is 0.194. The van der Waals surface area contributed by atoms with Gasteiger partial charge in [-0.2, -0.15) is 0 Å². The maximum absolute atomic E-state index is 12.2. The summed E-state index contributed by atoms with van der Waals surface area (Å²) in [6, 6.07) is 4.30. The average Bonchev–Trinajstić information content (AvgIpc) is 2.90. The third-order valence-electron chi connectivity index (χ3n) is 3.42. The first-order valence-corrected chi connectivity index (χ1v) is 6.69.